The molecule has 1 aliphatic carbocycles. The lowest BCUT2D eigenvalue weighted by Gasteiger charge is -2.10. The first-order valence-corrected chi connectivity index (χ1v) is 10.5. The van der Waals surface area contributed by atoms with Gasteiger partial charge in [0.1, 0.15) is 18.2 Å². The molecule has 1 aromatic heterocycles. The van der Waals surface area contributed by atoms with E-state index >= 15 is 0 Å². The van der Waals surface area contributed by atoms with Crippen LogP contribution in [0.4, 0.5) is 10.1 Å². The number of hydrogen-bond acceptors (Lipinski definition) is 4. The maximum atomic E-state index is 13.3. The molecule has 0 atom stereocenters. The molecule has 7 heteroatoms. The van der Waals surface area contributed by atoms with E-state index in [0.29, 0.717) is 17.1 Å². The zero-order valence-corrected chi connectivity index (χ0v) is 17.2. The van der Waals surface area contributed by atoms with Gasteiger partial charge >= 0.3 is 0 Å². The van der Waals surface area contributed by atoms with Crippen molar-refractivity contribution in [3.05, 3.63) is 102 Å². The second kappa shape index (κ2) is 8.63. The molecule has 1 amide bonds. The van der Waals surface area contributed by atoms with Crippen LogP contribution in [0.1, 0.15) is 40.5 Å². The highest BCUT2D eigenvalue weighted by molar-refractivity contribution is 6.03. The minimum atomic E-state index is -0.349. The van der Waals surface area contributed by atoms with Crippen LogP contribution < -0.4 is 10.1 Å². The van der Waals surface area contributed by atoms with Crippen molar-refractivity contribution >= 4 is 11.6 Å². The van der Waals surface area contributed by atoms with Crippen LogP contribution in [-0.4, -0.2) is 20.9 Å². The Balaban J connectivity index is 1.32. The van der Waals surface area contributed by atoms with Crippen LogP contribution in [-0.2, 0) is 6.61 Å². The molecule has 1 N–H and O–H groups in total. The zero-order valence-electron chi connectivity index (χ0n) is 17.2. The van der Waals surface area contributed by atoms with Gasteiger partial charge < -0.3 is 10.1 Å². The van der Waals surface area contributed by atoms with Crippen molar-refractivity contribution in [1.29, 1.82) is 0 Å². The molecule has 0 spiro atoms. The van der Waals surface area contributed by atoms with Gasteiger partial charge in [0.2, 0.25) is 0 Å². The second-order valence-electron chi connectivity index (χ2n) is 7.75. The van der Waals surface area contributed by atoms with Crippen LogP contribution in [0.15, 0.2) is 78.9 Å². The van der Waals surface area contributed by atoms with Gasteiger partial charge in [0.05, 0.1) is 11.4 Å². The largest absolute Gasteiger partial charge is 0.489 e. The number of carbonyl (C=O) groups is 1. The number of nitrogens with zero attached hydrogens (tertiary/aromatic N) is 3. The molecule has 3 aromatic carbocycles. The monoisotopic (exact) mass is 428 g/mol. The van der Waals surface area contributed by atoms with Crippen molar-refractivity contribution in [3.63, 3.8) is 0 Å². The summed E-state index contributed by atoms with van der Waals surface area (Å²) in [5.41, 5.74) is 3.56. The van der Waals surface area contributed by atoms with E-state index in [1.54, 1.807) is 16.8 Å². The number of amides is 1. The average Bonchev–Trinajstić information content (AvgIpc) is 3.56. The molecule has 6 nitrogen and oxygen atoms in total. The summed E-state index contributed by atoms with van der Waals surface area (Å²) in [4.78, 5) is 13.0. The molecule has 0 aliphatic heterocycles. The van der Waals surface area contributed by atoms with Gasteiger partial charge in [-0.15, -0.1) is 5.10 Å². The molecule has 32 heavy (non-hydrogen) atoms. The fourth-order valence-electron chi connectivity index (χ4n) is 3.59. The summed E-state index contributed by atoms with van der Waals surface area (Å²) in [5, 5.41) is 11.4. The van der Waals surface area contributed by atoms with Crippen molar-refractivity contribution in [3.8, 4) is 11.4 Å². The Kier molecular flexibility index (Phi) is 5.37. The van der Waals surface area contributed by atoms with Gasteiger partial charge in [-0.2, -0.15) is 0 Å². The lowest BCUT2D eigenvalue weighted by Crippen LogP contribution is -2.15. The third-order valence-corrected chi connectivity index (χ3v) is 5.27. The minimum Gasteiger partial charge on any atom is -0.489 e. The molecular formula is C25H21FN4O2. The highest BCUT2D eigenvalue weighted by Gasteiger charge is 2.34. The molecule has 0 saturated heterocycles. The number of aromatic nitrogens is 3. The number of carbonyl (C=O) groups excluding carboxylic acids is 1. The Morgan fingerprint density at radius 2 is 1.84 bits per heavy atom. The summed E-state index contributed by atoms with van der Waals surface area (Å²) < 4.78 is 20.7. The van der Waals surface area contributed by atoms with Crippen LogP contribution in [0.2, 0.25) is 0 Å². The van der Waals surface area contributed by atoms with Crippen molar-refractivity contribution in [2.45, 2.75) is 25.4 Å². The second-order valence-corrected chi connectivity index (χ2v) is 7.75. The van der Waals surface area contributed by atoms with Gasteiger partial charge in [-0.25, -0.2) is 9.07 Å². The SMILES string of the molecule is O=C(Nc1cccc(COc2cccc(F)c2)c1)c1nnn(-c2ccccc2)c1C1CC1. The van der Waals surface area contributed by atoms with Crippen molar-refractivity contribution in [1.82, 2.24) is 15.0 Å². The van der Waals surface area contributed by atoms with E-state index in [4.69, 9.17) is 4.74 Å². The number of ether oxygens (including phenoxy) is 1. The van der Waals surface area contributed by atoms with Crippen LogP contribution in [0.25, 0.3) is 5.69 Å². The van der Waals surface area contributed by atoms with Gasteiger partial charge in [-0.1, -0.05) is 41.6 Å². The topological polar surface area (TPSA) is 69.0 Å². The predicted molar refractivity (Wildman–Crippen MR) is 118 cm³/mol. The molecule has 0 radical (unpaired) electrons. The lowest BCUT2D eigenvalue weighted by atomic mass is 10.2. The van der Waals surface area contributed by atoms with Crippen molar-refractivity contribution < 1.29 is 13.9 Å². The number of rotatable bonds is 7. The molecule has 5 rings (SSSR count). The lowest BCUT2D eigenvalue weighted by molar-refractivity contribution is 0.102. The zero-order chi connectivity index (χ0) is 21.9. The number of anilines is 1. The van der Waals surface area contributed by atoms with E-state index < -0.39 is 0 Å². The van der Waals surface area contributed by atoms with E-state index in [1.165, 1.54) is 12.1 Å². The number of benzene rings is 3. The molecule has 4 aromatic rings. The summed E-state index contributed by atoms with van der Waals surface area (Å²) in [5.74, 6) is 0.0961. The predicted octanol–water partition coefficient (Wildman–Crippen LogP) is 5.12. The fourth-order valence-corrected chi connectivity index (χ4v) is 3.59. The molecule has 1 heterocycles. The summed E-state index contributed by atoms with van der Waals surface area (Å²) in [6, 6.07) is 23.1. The Morgan fingerprint density at radius 3 is 2.62 bits per heavy atom. The normalized spacial score (nSPS) is 13.0. The van der Waals surface area contributed by atoms with E-state index in [0.717, 1.165) is 29.8 Å². The number of halogens is 1. The smallest absolute Gasteiger partial charge is 0.278 e. The third-order valence-electron chi connectivity index (χ3n) is 5.27. The van der Waals surface area contributed by atoms with Crippen LogP contribution in [0, 0.1) is 5.82 Å². The quantitative estimate of drug-likeness (QED) is 0.444. The molecule has 160 valence electrons. The van der Waals surface area contributed by atoms with E-state index in [-0.39, 0.29) is 24.2 Å². The van der Waals surface area contributed by atoms with E-state index in [1.807, 2.05) is 54.6 Å². The minimum absolute atomic E-state index is 0.255. The standard InChI is InChI=1S/C25H21FN4O2/c26-19-7-5-11-22(15-19)32-16-17-6-4-8-20(14-17)27-25(31)23-24(18-12-13-18)30(29-28-23)21-9-2-1-3-10-21/h1-11,14-15,18H,12-13,16H2,(H,27,31). The van der Waals surface area contributed by atoms with E-state index in [9.17, 15) is 9.18 Å². The van der Waals surface area contributed by atoms with Crippen LogP contribution in [0.5, 0.6) is 5.75 Å². The Morgan fingerprint density at radius 1 is 1.03 bits per heavy atom. The van der Waals surface area contributed by atoms with Gasteiger partial charge in [0.15, 0.2) is 5.69 Å². The maximum Gasteiger partial charge on any atom is 0.278 e. The maximum absolute atomic E-state index is 13.3. The van der Waals surface area contributed by atoms with Crippen LogP contribution in [0.3, 0.4) is 0 Å². The van der Waals surface area contributed by atoms with Crippen molar-refractivity contribution in [2.75, 3.05) is 5.32 Å². The van der Waals surface area contributed by atoms with Crippen LogP contribution >= 0.6 is 0 Å². The number of hydrogen-bond donors (Lipinski definition) is 1. The Bertz CT molecular complexity index is 1250. The first kappa shape index (κ1) is 19.9. The molecule has 0 bridgehead atoms. The summed E-state index contributed by atoms with van der Waals surface area (Å²) in [7, 11) is 0. The number of para-hydroxylation sites is 1. The molecular weight excluding hydrogens is 407 g/mol. The van der Waals surface area contributed by atoms with Gasteiger partial charge in [-0.05, 0) is 54.8 Å². The van der Waals surface area contributed by atoms with Gasteiger partial charge in [0, 0.05) is 17.7 Å². The summed E-state index contributed by atoms with van der Waals surface area (Å²) in [6.07, 6.45) is 2.04. The summed E-state index contributed by atoms with van der Waals surface area (Å²) >= 11 is 0. The highest BCUT2D eigenvalue weighted by atomic mass is 19.1. The van der Waals surface area contributed by atoms with Crippen molar-refractivity contribution in [2.24, 2.45) is 0 Å². The highest BCUT2D eigenvalue weighted by Crippen LogP contribution is 2.42. The number of nitrogens with one attached hydrogen (secondary N) is 1. The first-order valence-electron chi connectivity index (χ1n) is 10.5. The van der Waals surface area contributed by atoms with Gasteiger partial charge in [-0.3, -0.25) is 4.79 Å². The molecule has 0 unspecified atom stereocenters. The third kappa shape index (κ3) is 4.37. The van der Waals surface area contributed by atoms with Gasteiger partial charge in [0.25, 0.3) is 5.91 Å². The molecule has 1 aliphatic rings. The molecule has 1 saturated carbocycles. The Labute approximate surface area is 184 Å². The fraction of sp³-hybridized carbons (Fsp3) is 0.160. The summed E-state index contributed by atoms with van der Waals surface area (Å²) in [6.45, 7) is 0.255. The van der Waals surface area contributed by atoms with E-state index in [2.05, 4.69) is 15.6 Å². The first-order chi connectivity index (χ1) is 15.7. The Hall–Kier alpha value is -4.00. The molecule has 1 fully saturated rings. The average molecular weight is 428 g/mol.